The van der Waals surface area contributed by atoms with Gasteiger partial charge in [0.15, 0.2) is 0 Å². The molecule has 0 amide bonds. The van der Waals surface area contributed by atoms with Crippen LogP contribution >= 0.6 is 0 Å². The van der Waals surface area contributed by atoms with Crippen LogP contribution < -0.4 is 0 Å². The van der Waals surface area contributed by atoms with E-state index in [1.165, 1.54) is 25.5 Å². The molecule has 120 valence electrons. The lowest BCUT2D eigenvalue weighted by atomic mass is 9.71. The Labute approximate surface area is 132 Å². The van der Waals surface area contributed by atoms with Gasteiger partial charge in [0.25, 0.3) is 0 Å². The number of fused-ring (bicyclic) bond motifs is 1. The minimum absolute atomic E-state index is 0.295. The number of carbonyl (C=O) groups is 1. The smallest absolute Gasteiger partial charge is 0.337 e. The molecule has 1 saturated carbocycles. The van der Waals surface area contributed by atoms with Crippen molar-refractivity contribution >= 4 is 5.97 Å². The van der Waals surface area contributed by atoms with Gasteiger partial charge in [-0.05, 0) is 37.0 Å². The highest BCUT2D eigenvalue weighted by atomic mass is 16.5. The van der Waals surface area contributed by atoms with E-state index in [2.05, 4.69) is 4.90 Å². The first-order valence-corrected chi connectivity index (χ1v) is 8.23. The van der Waals surface area contributed by atoms with Gasteiger partial charge in [0.2, 0.25) is 0 Å². The number of rotatable bonds is 3. The van der Waals surface area contributed by atoms with Crippen LogP contribution in [0.4, 0.5) is 0 Å². The molecular formula is C18H25NO3. The van der Waals surface area contributed by atoms with Gasteiger partial charge in [-0.25, -0.2) is 4.79 Å². The van der Waals surface area contributed by atoms with E-state index in [0.717, 1.165) is 38.9 Å². The van der Waals surface area contributed by atoms with Crippen molar-refractivity contribution in [2.45, 2.75) is 44.2 Å². The summed E-state index contributed by atoms with van der Waals surface area (Å²) in [6.07, 6.45) is 5.42. The van der Waals surface area contributed by atoms with Gasteiger partial charge in [-0.15, -0.1) is 0 Å². The number of nitrogens with zero attached hydrogens (tertiary/aromatic N) is 1. The van der Waals surface area contributed by atoms with Gasteiger partial charge >= 0.3 is 5.97 Å². The number of aliphatic hydroxyl groups is 1. The average Bonchev–Trinajstić information content (AvgIpc) is 2.55. The standard InChI is InChI=1S/C18H25NO3/c1-22-17(20)15-7-5-14(6-8-15)12-19-11-10-18(21)9-3-2-4-16(18)13-19/h5-8,16,21H,2-4,9-13H2,1H3. The first kappa shape index (κ1) is 15.5. The van der Waals surface area contributed by atoms with E-state index in [1.807, 2.05) is 24.3 Å². The number of benzene rings is 1. The van der Waals surface area contributed by atoms with E-state index in [0.29, 0.717) is 11.5 Å². The highest BCUT2D eigenvalue weighted by Crippen LogP contribution is 2.40. The second-order valence-corrected chi connectivity index (χ2v) is 6.72. The summed E-state index contributed by atoms with van der Waals surface area (Å²) in [5.41, 5.74) is 1.38. The molecule has 0 radical (unpaired) electrons. The number of carbonyl (C=O) groups excluding carboxylic acids is 1. The summed E-state index contributed by atoms with van der Waals surface area (Å²) in [6, 6.07) is 7.63. The van der Waals surface area contributed by atoms with Crippen LogP contribution in [0.3, 0.4) is 0 Å². The number of piperidine rings is 1. The quantitative estimate of drug-likeness (QED) is 0.872. The van der Waals surface area contributed by atoms with Gasteiger partial charge in [-0.3, -0.25) is 4.90 Å². The predicted molar refractivity (Wildman–Crippen MR) is 84.6 cm³/mol. The maximum Gasteiger partial charge on any atom is 0.337 e. The van der Waals surface area contributed by atoms with Crippen molar-refractivity contribution in [1.82, 2.24) is 4.90 Å². The summed E-state index contributed by atoms with van der Waals surface area (Å²) < 4.78 is 4.72. The van der Waals surface area contributed by atoms with Crippen LogP contribution in [0, 0.1) is 5.92 Å². The third-order valence-corrected chi connectivity index (χ3v) is 5.29. The first-order valence-electron chi connectivity index (χ1n) is 8.23. The highest BCUT2D eigenvalue weighted by molar-refractivity contribution is 5.89. The number of esters is 1. The number of likely N-dealkylation sites (tertiary alicyclic amines) is 1. The topological polar surface area (TPSA) is 49.8 Å². The molecule has 2 atom stereocenters. The van der Waals surface area contributed by atoms with E-state index in [-0.39, 0.29) is 5.97 Å². The average molecular weight is 303 g/mol. The molecule has 0 aromatic heterocycles. The number of hydrogen-bond donors (Lipinski definition) is 1. The molecule has 1 N–H and O–H groups in total. The van der Waals surface area contributed by atoms with Crippen molar-refractivity contribution in [2.24, 2.45) is 5.92 Å². The van der Waals surface area contributed by atoms with Crippen molar-refractivity contribution in [2.75, 3.05) is 20.2 Å². The molecule has 1 aromatic carbocycles. The largest absolute Gasteiger partial charge is 0.465 e. The third kappa shape index (κ3) is 3.18. The molecule has 2 fully saturated rings. The molecule has 0 spiro atoms. The zero-order valence-corrected chi connectivity index (χ0v) is 13.3. The van der Waals surface area contributed by atoms with Crippen LogP contribution in [0.5, 0.6) is 0 Å². The van der Waals surface area contributed by atoms with E-state index >= 15 is 0 Å². The van der Waals surface area contributed by atoms with Crippen LogP contribution in [-0.4, -0.2) is 41.8 Å². The number of methoxy groups -OCH3 is 1. The Bertz CT molecular complexity index is 528. The SMILES string of the molecule is COC(=O)c1ccc(CN2CCC3(O)CCCCC3C2)cc1. The second kappa shape index (κ2) is 6.39. The Morgan fingerprint density at radius 3 is 2.82 bits per heavy atom. The summed E-state index contributed by atoms with van der Waals surface area (Å²) in [7, 11) is 1.40. The molecule has 1 aromatic rings. The molecule has 2 aliphatic rings. The van der Waals surface area contributed by atoms with Gasteiger partial charge in [0, 0.05) is 25.6 Å². The van der Waals surface area contributed by atoms with E-state index < -0.39 is 5.60 Å². The van der Waals surface area contributed by atoms with Gasteiger partial charge in [0.05, 0.1) is 18.3 Å². The normalized spacial score (nSPS) is 28.9. The van der Waals surface area contributed by atoms with E-state index in [9.17, 15) is 9.90 Å². The van der Waals surface area contributed by atoms with Crippen molar-refractivity contribution in [3.05, 3.63) is 35.4 Å². The molecule has 0 bridgehead atoms. The molecule has 1 aliphatic heterocycles. The van der Waals surface area contributed by atoms with E-state index in [4.69, 9.17) is 4.74 Å². The van der Waals surface area contributed by atoms with Gasteiger partial charge in [-0.2, -0.15) is 0 Å². The zero-order valence-electron chi connectivity index (χ0n) is 13.3. The van der Waals surface area contributed by atoms with Gasteiger partial charge < -0.3 is 9.84 Å². The van der Waals surface area contributed by atoms with Crippen molar-refractivity contribution in [1.29, 1.82) is 0 Å². The Hall–Kier alpha value is -1.39. The second-order valence-electron chi connectivity index (χ2n) is 6.72. The minimum atomic E-state index is -0.413. The predicted octanol–water partition coefficient (Wildman–Crippen LogP) is 2.60. The van der Waals surface area contributed by atoms with Crippen molar-refractivity contribution in [3.8, 4) is 0 Å². The molecule has 3 rings (SSSR count). The fraction of sp³-hybridized carbons (Fsp3) is 0.611. The molecule has 1 aliphatic carbocycles. The van der Waals surface area contributed by atoms with E-state index in [1.54, 1.807) is 0 Å². The number of ether oxygens (including phenoxy) is 1. The lowest BCUT2D eigenvalue weighted by molar-refractivity contribution is -0.0967. The molecule has 4 heteroatoms. The minimum Gasteiger partial charge on any atom is -0.465 e. The Kier molecular flexibility index (Phi) is 4.50. The molecule has 1 heterocycles. The third-order valence-electron chi connectivity index (χ3n) is 5.29. The van der Waals surface area contributed by atoms with Crippen LogP contribution in [0.2, 0.25) is 0 Å². The Balaban J connectivity index is 1.61. The summed E-state index contributed by atoms with van der Waals surface area (Å²) in [6.45, 7) is 2.81. The molecular weight excluding hydrogens is 278 g/mol. The molecule has 4 nitrogen and oxygen atoms in total. The summed E-state index contributed by atoms with van der Waals surface area (Å²) >= 11 is 0. The summed E-state index contributed by atoms with van der Waals surface area (Å²) in [5.74, 6) is 0.126. The monoisotopic (exact) mass is 303 g/mol. The van der Waals surface area contributed by atoms with Gasteiger partial charge in [0.1, 0.15) is 0 Å². The van der Waals surface area contributed by atoms with Crippen LogP contribution in [-0.2, 0) is 11.3 Å². The summed E-state index contributed by atoms with van der Waals surface area (Å²) in [4.78, 5) is 13.9. The van der Waals surface area contributed by atoms with Crippen LogP contribution in [0.15, 0.2) is 24.3 Å². The summed E-state index contributed by atoms with van der Waals surface area (Å²) in [5, 5.41) is 10.7. The maximum absolute atomic E-state index is 11.4. The zero-order chi connectivity index (χ0) is 15.6. The fourth-order valence-corrected chi connectivity index (χ4v) is 3.91. The van der Waals surface area contributed by atoms with Crippen molar-refractivity contribution in [3.63, 3.8) is 0 Å². The van der Waals surface area contributed by atoms with Gasteiger partial charge in [-0.1, -0.05) is 25.0 Å². The molecule has 1 saturated heterocycles. The number of hydrogen-bond acceptors (Lipinski definition) is 4. The lowest BCUT2D eigenvalue weighted by Gasteiger charge is -2.47. The maximum atomic E-state index is 11.4. The van der Waals surface area contributed by atoms with Crippen molar-refractivity contribution < 1.29 is 14.6 Å². The molecule has 22 heavy (non-hydrogen) atoms. The first-order chi connectivity index (χ1) is 10.6. The van der Waals surface area contributed by atoms with Crippen LogP contribution in [0.25, 0.3) is 0 Å². The lowest BCUT2D eigenvalue weighted by Crippen LogP contribution is -2.52. The van der Waals surface area contributed by atoms with Crippen LogP contribution in [0.1, 0.15) is 48.0 Å². The Morgan fingerprint density at radius 1 is 1.32 bits per heavy atom. The Morgan fingerprint density at radius 2 is 2.09 bits per heavy atom. The molecule has 2 unspecified atom stereocenters. The highest BCUT2D eigenvalue weighted by Gasteiger charge is 2.42. The fourth-order valence-electron chi connectivity index (χ4n) is 3.91.